The highest BCUT2D eigenvalue weighted by Crippen LogP contribution is 2.28. The normalized spacial score (nSPS) is 16.6. The van der Waals surface area contributed by atoms with Crippen LogP contribution in [-0.4, -0.2) is 32.0 Å². The molecule has 0 rings (SSSR count). The van der Waals surface area contributed by atoms with E-state index in [-0.39, 0.29) is 11.2 Å². The van der Waals surface area contributed by atoms with Crippen molar-refractivity contribution >= 4 is 9.84 Å². The second-order valence-corrected chi connectivity index (χ2v) is 9.38. The molecule has 0 fully saturated rings. The van der Waals surface area contributed by atoms with Crippen LogP contribution in [0.3, 0.4) is 0 Å². The number of hydrogen-bond acceptors (Lipinski definition) is 3. The van der Waals surface area contributed by atoms with Crippen LogP contribution in [0, 0.1) is 5.41 Å². The second-order valence-electron chi connectivity index (χ2n) is 6.52. The summed E-state index contributed by atoms with van der Waals surface area (Å²) in [6.45, 7) is 13.7. The lowest BCUT2D eigenvalue weighted by atomic mass is 9.84. The fourth-order valence-corrected chi connectivity index (χ4v) is 3.02. The minimum absolute atomic E-state index is 0.0769. The van der Waals surface area contributed by atoms with Crippen molar-refractivity contribution in [3.8, 4) is 0 Å². The number of nitrogens with one attached hydrogen (secondary N) is 1. The van der Waals surface area contributed by atoms with Crippen molar-refractivity contribution < 1.29 is 8.42 Å². The highest BCUT2D eigenvalue weighted by atomic mass is 32.2. The minimum Gasteiger partial charge on any atom is -0.316 e. The molecule has 18 heavy (non-hydrogen) atoms. The molecule has 0 aromatic carbocycles. The highest BCUT2D eigenvalue weighted by molar-refractivity contribution is 7.92. The molecule has 0 aromatic rings. The Morgan fingerprint density at radius 1 is 1.06 bits per heavy atom. The van der Waals surface area contributed by atoms with E-state index in [2.05, 4.69) is 26.1 Å². The van der Waals surface area contributed by atoms with Crippen LogP contribution >= 0.6 is 0 Å². The van der Waals surface area contributed by atoms with Gasteiger partial charge in [0.2, 0.25) is 0 Å². The largest absolute Gasteiger partial charge is 0.316 e. The van der Waals surface area contributed by atoms with E-state index in [0.717, 1.165) is 32.4 Å². The SMILES string of the molecule is CCCNCC(C)(CC)CCS(=O)(=O)C(C)(C)C. The molecule has 4 heteroatoms. The molecule has 0 saturated carbocycles. The third-order valence-corrected chi connectivity index (χ3v) is 6.35. The fraction of sp³-hybridized carbons (Fsp3) is 1.00. The van der Waals surface area contributed by atoms with Gasteiger partial charge in [-0.15, -0.1) is 0 Å². The third kappa shape index (κ3) is 5.70. The Kier molecular flexibility index (Phi) is 6.86. The lowest BCUT2D eigenvalue weighted by Gasteiger charge is -2.30. The van der Waals surface area contributed by atoms with Crippen molar-refractivity contribution in [2.45, 2.75) is 65.6 Å². The van der Waals surface area contributed by atoms with Crippen LogP contribution in [0.4, 0.5) is 0 Å². The molecular formula is C14H31NO2S. The maximum atomic E-state index is 12.1. The summed E-state index contributed by atoms with van der Waals surface area (Å²) in [4.78, 5) is 0. The molecular weight excluding hydrogens is 246 g/mol. The Labute approximate surface area is 114 Å². The molecule has 0 spiro atoms. The van der Waals surface area contributed by atoms with Crippen LogP contribution in [0.2, 0.25) is 0 Å². The van der Waals surface area contributed by atoms with Gasteiger partial charge in [-0.2, -0.15) is 0 Å². The molecule has 0 saturated heterocycles. The van der Waals surface area contributed by atoms with Crippen molar-refractivity contribution in [1.82, 2.24) is 5.32 Å². The molecule has 0 aromatic heterocycles. The molecule has 0 heterocycles. The summed E-state index contributed by atoms with van der Waals surface area (Å²) in [5, 5.41) is 3.41. The van der Waals surface area contributed by atoms with Gasteiger partial charge >= 0.3 is 0 Å². The highest BCUT2D eigenvalue weighted by Gasteiger charge is 2.32. The average Bonchev–Trinajstić information content (AvgIpc) is 2.25. The monoisotopic (exact) mass is 277 g/mol. The molecule has 1 unspecified atom stereocenters. The number of sulfone groups is 1. The van der Waals surface area contributed by atoms with E-state index in [1.807, 2.05) is 0 Å². The third-order valence-electron chi connectivity index (χ3n) is 3.74. The topological polar surface area (TPSA) is 46.2 Å². The van der Waals surface area contributed by atoms with E-state index in [4.69, 9.17) is 0 Å². The van der Waals surface area contributed by atoms with Gasteiger partial charge in [-0.1, -0.05) is 20.8 Å². The molecule has 0 aliphatic heterocycles. The summed E-state index contributed by atoms with van der Waals surface area (Å²) < 4.78 is 23.6. The average molecular weight is 277 g/mol. The van der Waals surface area contributed by atoms with Gasteiger partial charge in [-0.25, -0.2) is 8.42 Å². The minimum atomic E-state index is -3.00. The Hall–Kier alpha value is -0.0900. The Balaban J connectivity index is 4.47. The zero-order valence-electron chi connectivity index (χ0n) is 13.0. The number of rotatable bonds is 8. The van der Waals surface area contributed by atoms with E-state index in [1.54, 1.807) is 20.8 Å². The summed E-state index contributed by atoms with van der Waals surface area (Å²) in [7, 11) is -3.00. The first kappa shape index (κ1) is 17.9. The molecule has 1 atom stereocenters. The standard InChI is InChI=1S/C14H31NO2S/c1-7-10-15-12-14(6,8-2)9-11-18(16,17)13(3,4)5/h15H,7-12H2,1-6H3. The summed E-state index contributed by atoms with van der Waals surface area (Å²) in [5.74, 6) is 0.286. The van der Waals surface area contributed by atoms with E-state index in [1.165, 1.54) is 0 Å². The smallest absolute Gasteiger partial charge is 0.155 e. The van der Waals surface area contributed by atoms with Crippen LogP contribution < -0.4 is 5.32 Å². The van der Waals surface area contributed by atoms with Crippen molar-refractivity contribution in [2.24, 2.45) is 5.41 Å². The van der Waals surface area contributed by atoms with E-state index in [9.17, 15) is 8.42 Å². The number of hydrogen-bond donors (Lipinski definition) is 1. The molecule has 0 bridgehead atoms. The van der Waals surface area contributed by atoms with Crippen LogP contribution in [0.5, 0.6) is 0 Å². The molecule has 1 N–H and O–H groups in total. The van der Waals surface area contributed by atoms with Gasteiger partial charge < -0.3 is 5.32 Å². The van der Waals surface area contributed by atoms with Crippen molar-refractivity contribution in [2.75, 3.05) is 18.8 Å². The molecule has 0 radical (unpaired) electrons. The van der Waals surface area contributed by atoms with Crippen molar-refractivity contribution in [3.05, 3.63) is 0 Å². The molecule has 0 aliphatic rings. The summed E-state index contributed by atoms with van der Waals surface area (Å²) >= 11 is 0. The van der Waals surface area contributed by atoms with Gasteiger partial charge in [0.25, 0.3) is 0 Å². The van der Waals surface area contributed by atoms with E-state index >= 15 is 0 Å². The predicted molar refractivity (Wildman–Crippen MR) is 79.7 cm³/mol. The van der Waals surface area contributed by atoms with Gasteiger partial charge in [0.15, 0.2) is 9.84 Å². The molecule has 3 nitrogen and oxygen atoms in total. The van der Waals surface area contributed by atoms with E-state index < -0.39 is 14.6 Å². The van der Waals surface area contributed by atoms with Crippen LogP contribution in [0.25, 0.3) is 0 Å². The summed E-state index contributed by atoms with van der Waals surface area (Å²) in [6.07, 6.45) is 2.85. The molecule has 0 amide bonds. The zero-order chi connectivity index (χ0) is 14.4. The molecule has 0 aliphatic carbocycles. The van der Waals surface area contributed by atoms with Gasteiger partial charge in [0.1, 0.15) is 0 Å². The van der Waals surface area contributed by atoms with Crippen LogP contribution in [0.15, 0.2) is 0 Å². The van der Waals surface area contributed by atoms with Gasteiger partial charge in [-0.3, -0.25) is 0 Å². The zero-order valence-corrected chi connectivity index (χ0v) is 13.8. The predicted octanol–water partition coefficient (Wildman–Crippen LogP) is 3.01. The summed E-state index contributed by atoms with van der Waals surface area (Å²) in [5.41, 5.74) is 0.0769. The first-order valence-electron chi connectivity index (χ1n) is 7.01. The maximum absolute atomic E-state index is 12.1. The summed E-state index contributed by atoms with van der Waals surface area (Å²) in [6, 6.07) is 0. The van der Waals surface area contributed by atoms with Gasteiger partial charge in [-0.05, 0) is 52.0 Å². The van der Waals surface area contributed by atoms with Gasteiger partial charge in [0.05, 0.1) is 10.5 Å². The first-order chi connectivity index (χ1) is 8.08. The lowest BCUT2D eigenvalue weighted by Crippen LogP contribution is -2.36. The second kappa shape index (κ2) is 6.90. The van der Waals surface area contributed by atoms with Gasteiger partial charge in [0, 0.05) is 6.54 Å². The van der Waals surface area contributed by atoms with Crippen LogP contribution in [0.1, 0.15) is 60.8 Å². The van der Waals surface area contributed by atoms with Crippen molar-refractivity contribution in [3.63, 3.8) is 0 Å². The van der Waals surface area contributed by atoms with E-state index in [0.29, 0.717) is 0 Å². The Morgan fingerprint density at radius 3 is 2.00 bits per heavy atom. The maximum Gasteiger partial charge on any atom is 0.155 e. The van der Waals surface area contributed by atoms with Crippen LogP contribution in [-0.2, 0) is 9.84 Å². The molecule has 110 valence electrons. The quantitative estimate of drug-likeness (QED) is 0.694. The fourth-order valence-electron chi connectivity index (χ4n) is 1.64. The first-order valence-corrected chi connectivity index (χ1v) is 8.66. The Morgan fingerprint density at radius 2 is 1.61 bits per heavy atom. The Bertz CT molecular complexity index is 330. The lowest BCUT2D eigenvalue weighted by molar-refractivity contribution is 0.282. The van der Waals surface area contributed by atoms with Crippen molar-refractivity contribution in [1.29, 1.82) is 0 Å².